The Morgan fingerprint density at radius 3 is 2.49 bits per heavy atom. The van der Waals surface area contributed by atoms with Crippen LogP contribution < -0.4 is 14.5 Å². The first-order valence-corrected chi connectivity index (χ1v) is 14.9. The first kappa shape index (κ1) is 24.7. The first-order valence-electron chi connectivity index (χ1n) is 13.2. The minimum Gasteiger partial charge on any atom is -0.482 e. The fraction of sp³-hybridized carbons (Fsp3) is 0.379. The molecule has 2 bridgehead atoms. The van der Waals surface area contributed by atoms with Crippen LogP contribution in [-0.4, -0.2) is 41.2 Å². The van der Waals surface area contributed by atoms with Crippen molar-refractivity contribution in [3.63, 3.8) is 0 Å². The average Bonchev–Trinajstić information content (AvgIpc) is 3.67. The molecule has 2 aliphatic carbocycles. The third-order valence-electron chi connectivity index (χ3n) is 8.64. The van der Waals surface area contributed by atoms with Gasteiger partial charge in [-0.1, -0.05) is 47.7 Å². The highest BCUT2D eigenvalue weighted by Crippen LogP contribution is 2.69. The normalized spacial score (nSPS) is 30.2. The lowest BCUT2D eigenvalue weighted by Gasteiger charge is -2.43. The lowest BCUT2D eigenvalue weighted by molar-refractivity contribution is -0.145. The highest BCUT2D eigenvalue weighted by molar-refractivity contribution is 8.00. The van der Waals surface area contributed by atoms with Crippen molar-refractivity contribution in [3.05, 3.63) is 74.7 Å². The Bertz CT molecular complexity index is 1530. The molecule has 2 saturated carbocycles. The SMILES string of the molecule is CCOC(=O)COc1ccccc1[C@H]1c2sc(=O)[nH]c2SC2C1[C@H]1C[C@@H]2C2C(=O)N(c3ccccc3)C(=O)C21. The Morgan fingerprint density at radius 2 is 1.72 bits per heavy atom. The average molecular weight is 563 g/mol. The fourth-order valence-corrected chi connectivity index (χ4v) is 10.3. The molecular weight excluding hydrogens is 536 g/mol. The quantitative estimate of drug-likeness (QED) is 0.357. The highest BCUT2D eigenvalue weighted by atomic mass is 32.2. The van der Waals surface area contributed by atoms with Crippen molar-refractivity contribution in [2.75, 3.05) is 18.1 Å². The summed E-state index contributed by atoms with van der Waals surface area (Å²) >= 11 is 2.84. The smallest absolute Gasteiger partial charge is 0.344 e. The zero-order valence-corrected chi connectivity index (χ0v) is 22.7. The van der Waals surface area contributed by atoms with Crippen molar-refractivity contribution in [1.82, 2.24) is 4.98 Å². The van der Waals surface area contributed by atoms with Gasteiger partial charge in [-0.05, 0) is 49.3 Å². The van der Waals surface area contributed by atoms with E-state index < -0.39 is 5.97 Å². The van der Waals surface area contributed by atoms with Crippen LogP contribution in [0.1, 0.15) is 29.7 Å². The Kier molecular flexibility index (Phi) is 5.93. The van der Waals surface area contributed by atoms with Gasteiger partial charge in [0, 0.05) is 21.6 Å². The third-order valence-corrected chi connectivity index (χ3v) is 11.2. The molecule has 2 aromatic carbocycles. The van der Waals surface area contributed by atoms with Crippen LogP contribution in [0.15, 0.2) is 64.4 Å². The number of ether oxygens (including phenoxy) is 2. The van der Waals surface area contributed by atoms with E-state index in [1.54, 1.807) is 18.7 Å². The number of aromatic amines is 1. The maximum atomic E-state index is 13.8. The van der Waals surface area contributed by atoms with E-state index in [1.807, 2.05) is 54.6 Å². The molecule has 0 spiro atoms. The lowest BCUT2D eigenvalue weighted by Crippen LogP contribution is -2.42. The van der Waals surface area contributed by atoms with Gasteiger partial charge in [-0.15, -0.1) is 11.8 Å². The van der Waals surface area contributed by atoms with Gasteiger partial charge in [0.15, 0.2) is 6.61 Å². The number of carbonyl (C=O) groups excluding carboxylic acids is 3. The fourth-order valence-electron chi connectivity index (χ4n) is 7.40. The number of benzene rings is 2. The second-order valence-electron chi connectivity index (χ2n) is 10.4. The number of anilines is 1. The van der Waals surface area contributed by atoms with Gasteiger partial charge < -0.3 is 14.5 Å². The van der Waals surface area contributed by atoms with Gasteiger partial charge in [-0.3, -0.25) is 19.3 Å². The number of para-hydroxylation sites is 2. The van der Waals surface area contributed by atoms with Crippen LogP contribution in [-0.2, 0) is 19.1 Å². The number of nitrogens with one attached hydrogen (secondary N) is 1. The molecule has 7 rings (SSSR count). The second-order valence-corrected chi connectivity index (χ2v) is 12.6. The van der Waals surface area contributed by atoms with E-state index >= 15 is 0 Å². The van der Waals surface area contributed by atoms with Crippen molar-refractivity contribution in [1.29, 1.82) is 0 Å². The number of aromatic nitrogens is 1. The van der Waals surface area contributed by atoms with Gasteiger partial charge in [-0.25, -0.2) is 4.79 Å². The minimum atomic E-state index is -0.449. The standard InChI is InChI=1S/C29H26N2O6S2/c1-2-36-19(32)13-37-18-11-7-6-10-15(18)20-21-16-12-17(24(21)38-26-25(20)39-29(35)30-26)23-22(16)27(33)31(28(23)34)14-8-4-3-5-9-14/h3-11,16-17,20-24H,2,12-13H2,1H3,(H,30,35)/t16-,17-,20-,21?,22?,23?,24?/m1/s1. The Morgan fingerprint density at radius 1 is 1.00 bits per heavy atom. The first-order chi connectivity index (χ1) is 19.0. The summed E-state index contributed by atoms with van der Waals surface area (Å²) in [7, 11) is 0. The van der Waals surface area contributed by atoms with Crippen LogP contribution in [0.25, 0.3) is 0 Å². The molecule has 4 unspecified atom stereocenters. The van der Waals surface area contributed by atoms with Gasteiger partial charge in [0.25, 0.3) is 0 Å². The summed E-state index contributed by atoms with van der Waals surface area (Å²) in [6.07, 6.45) is 0.805. The summed E-state index contributed by atoms with van der Waals surface area (Å²) in [5, 5.41) is 0.904. The van der Waals surface area contributed by atoms with Crippen LogP contribution in [0, 0.1) is 29.6 Å². The largest absolute Gasteiger partial charge is 0.482 e. The Hall–Kier alpha value is -3.37. The highest BCUT2D eigenvalue weighted by Gasteiger charge is 2.69. The number of thioether (sulfide) groups is 1. The van der Waals surface area contributed by atoms with E-state index in [0.717, 1.165) is 21.9 Å². The molecule has 0 radical (unpaired) electrons. The van der Waals surface area contributed by atoms with Crippen molar-refractivity contribution < 1.29 is 23.9 Å². The summed E-state index contributed by atoms with van der Waals surface area (Å²) in [6.45, 7) is 1.80. The molecular formula is C29H26N2O6S2. The van der Waals surface area contributed by atoms with E-state index in [1.165, 1.54) is 16.2 Å². The van der Waals surface area contributed by atoms with Gasteiger partial charge in [0.1, 0.15) is 5.75 Å². The maximum absolute atomic E-state index is 13.8. The number of hydrogen-bond donors (Lipinski definition) is 1. The third kappa shape index (κ3) is 3.71. The molecule has 3 fully saturated rings. The molecule has 3 aromatic rings. The Labute approximate surface area is 232 Å². The number of rotatable bonds is 6. The molecule has 7 atom stereocenters. The molecule has 39 heavy (non-hydrogen) atoms. The van der Waals surface area contributed by atoms with E-state index in [2.05, 4.69) is 4.98 Å². The van der Waals surface area contributed by atoms with Gasteiger partial charge in [0.2, 0.25) is 11.8 Å². The number of imide groups is 1. The number of hydrogen-bond acceptors (Lipinski definition) is 8. The lowest BCUT2D eigenvalue weighted by atomic mass is 9.68. The van der Waals surface area contributed by atoms with Crippen LogP contribution in [0.2, 0.25) is 0 Å². The monoisotopic (exact) mass is 562 g/mol. The number of nitrogens with zero attached hydrogens (tertiary/aromatic N) is 1. The van der Waals surface area contributed by atoms with Gasteiger partial charge in [-0.2, -0.15) is 0 Å². The second kappa shape index (κ2) is 9.38. The predicted octanol–water partition coefficient (Wildman–Crippen LogP) is 4.06. The molecule has 1 N–H and O–H groups in total. The zero-order chi connectivity index (χ0) is 26.8. The number of carbonyl (C=O) groups is 3. The molecule has 1 aromatic heterocycles. The summed E-state index contributed by atoms with van der Waals surface area (Å²) in [5.41, 5.74) is 1.50. The van der Waals surface area contributed by atoms with E-state index in [0.29, 0.717) is 11.4 Å². The molecule has 2 amide bonds. The number of H-pyrrole nitrogens is 1. The number of esters is 1. The van der Waals surface area contributed by atoms with E-state index in [4.69, 9.17) is 9.47 Å². The molecule has 4 aliphatic rings. The van der Waals surface area contributed by atoms with Crippen molar-refractivity contribution in [2.45, 2.75) is 29.5 Å². The van der Waals surface area contributed by atoms with E-state index in [-0.39, 0.29) is 70.7 Å². The summed E-state index contributed by atoms with van der Waals surface area (Å²) in [6, 6.07) is 16.8. The summed E-state index contributed by atoms with van der Waals surface area (Å²) in [5.74, 6) is -0.965. The molecule has 8 nitrogen and oxygen atoms in total. The summed E-state index contributed by atoms with van der Waals surface area (Å²) in [4.78, 5) is 57.3. The number of thiazole rings is 1. The van der Waals surface area contributed by atoms with Crippen molar-refractivity contribution >= 4 is 46.6 Å². The van der Waals surface area contributed by atoms with Gasteiger partial charge in [0.05, 0.1) is 29.2 Å². The van der Waals surface area contributed by atoms with E-state index in [9.17, 15) is 19.2 Å². The van der Waals surface area contributed by atoms with Crippen LogP contribution >= 0.6 is 23.1 Å². The summed E-state index contributed by atoms with van der Waals surface area (Å²) < 4.78 is 11.0. The molecule has 200 valence electrons. The van der Waals surface area contributed by atoms with Crippen molar-refractivity contribution in [2.24, 2.45) is 29.6 Å². The van der Waals surface area contributed by atoms with Crippen molar-refractivity contribution in [3.8, 4) is 5.75 Å². The molecule has 10 heteroatoms. The molecule has 2 aliphatic heterocycles. The molecule has 1 saturated heterocycles. The van der Waals surface area contributed by atoms with Crippen LogP contribution in [0.5, 0.6) is 5.75 Å². The van der Waals surface area contributed by atoms with Crippen LogP contribution in [0.4, 0.5) is 5.69 Å². The predicted molar refractivity (Wildman–Crippen MR) is 146 cm³/mol. The molecule has 3 heterocycles. The minimum absolute atomic E-state index is 0.00359. The van der Waals surface area contributed by atoms with Crippen LogP contribution in [0.3, 0.4) is 0 Å². The number of fused-ring (bicyclic) bond motifs is 9. The number of amides is 2. The van der Waals surface area contributed by atoms with Gasteiger partial charge >= 0.3 is 10.8 Å². The maximum Gasteiger partial charge on any atom is 0.344 e. The Balaban J connectivity index is 1.29. The topological polar surface area (TPSA) is 106 Å². The zero-order valence-electron chi connectivity index (χ0n) is 21.1.